The Bertz CT molecular complexity index is 1110. The molecule has 2 aromatic carbocycles. The van der Waals surface area contributed by atoms with E-state index in [1.54, 1.807) is 13.0 Å². The summed E-state index contributed by atoms with van der Waals surface area (Å²) in [6.07, 6.45) is 0. The summed E-state index contributed by atoms with van der Waals surface area (Å²) in [5.74, 6) is 1.45. The van der Waals surface area contributed by atoms with Crippen LogP contribution in [0.3, 0.4) is 0 Å². The summed E-state index contributed by atoms with van der Waals surface area (Å²) < 4.78 is 36.6. The van der Waals surface area contributed by atoms with Crippen LogP contribution in [-0.2, 0) is 16.4 Å². The number of sulfone groups is 1. The topological polar surface area (TPSA) is 82.3 Å². The van der Waals surface area contributed by atoms with E-state index < -0.39 is 9.84 Å². The number of aromatic nitrogens is 2. The van der Waals surface area contributed by atoms with Crippen LogP contribution >= 0.6 is 11.8 Å². The summed E-state index contributed by atoms with van der Waals surface area (Å²) in [5.41, 5.74) is 3.82. The van der Waals surface area contributed by atoms with Crippen LogP contribution in [-0.4, -0.2) is 30.1 Å². The SMILES string of the molecule is Cc1ccc(C)c(OCc2nnc(SCCS(=O)(=O)c3cc(C)ccc3C)o2)c1. The second-order valence-corrected chi connectivity index (χ2v) is 10.1. The molecule has 0 aliphatic rings. The van der Waals surface area contributed by atoms with Crippen LogP contribution < -0.4 is 4.74 Å². The van der Waals surface area contributed by atoms with Gasteiger partial charge in [-0.1, -0.05) is 36.0 Å². The average molecular weight is 433 g/mol. The van der Waals surface area contributed by atoms with Crippen LogP contribution in [0.2, 0.25) is 0 Å². The van der Waals surface area contributed by atoms with E-state index in [0.29, 0.717) is 21.8 Å². The van der Waals surface area contributed by atoms with Crippen molar-refractivity contribution in [1.82, 2.24) is 10.2 Å². The van der Waals surface area contributed by atoms with Crippen molar-refractivity contribution in [3.8, 4) is 5.75 Å². The molecule has 0 atom stereocenters. The lowest BCUT2D eigenvalue weighted by molar-refractivity contribution is 0.250. The van der Waals surface area contributed by atoms with Gasteiger partial charge >= 0.3 is 0 Å². The van der Waals surface area contributed by atoms with Crippen LogP contribution in [0.5, 0.6) is 5.75 Å². The van der Waals surface area contributed by atoms with Gasteiger partial charge in [-0.15, -0.1) is 10.2 Å². The molecule has 0 saturated heterocycles. The molecule has 0 saturated carbocycles. The first kappa shape index (κ1) is 21.4. The first-order chi connectivity index (χ1) is 13.7. The van der Waals surface area contributed by atoms with E-state index >= 15 is 0 Å². The van der Waals surface area contributed by atoms with E-state index in [2.05, 4.69) is 10.2 Å². The monoisotopic (exact) mass is 432 g/mol. The largest absolute Gasteiger partial charge is 0.484 e. The van der Waals surface area contributed by atoms with Gasteiger partial charge in [0, 0.05) is 5.75 Å². The van der Waals surface area contributed by atoms with Gasteiger partial charge in [0.15, 0.2) is 16.4 Å². The molecule has 0 aliphatic carbocycles. The van der Waals surface area contributed by atoms with Crippen molar-refractivity contribution in [2.45, 2.75) is 44.4 Å². The summed E-state index contributed by atoms with van der Waals surface area (Å²) in [6, 6.07) is 11.4. The lowest BCUT2D eigenvalue weighted by atomic mass is 10.1. The fraction of sp³-hybridized carbons (Fsp3) is 0.333. The van der Waals surface area contributed by atoms with E-state index in [1.807, 2.05) is 51.1 Å². The molecule has 0 unspecified atom stereocenters. The maximum atomic E-state index is 12.6. The molecule has 0 amide bonds. The zero-order valence-corrected chi connectivity index (χ0v) is 18.6. The summed E-state index contributed by atoms with van der Waals surface area (Å²) in [7, 11) is -3.37. The third kappa shape index (κ3) is 5.61. The van der Waals surface area contributed by atoms with E-state index in [4.69, 9.17) is 9.15 Å². The molecule has 0 aliphatic heterocycles. The predicted octanol–water partition coefficient (Wildman–Crippen LogP) is 4.45. The third-order valence-corrected chi connectivity index (χ3v) is 7.33. The van der Waals surface area contributed by atoms with Crippen molar-refractivity contribution in [1.29, 1.82) is 0 Å². The Hall–Kier alpha value is -2.32. The van der Waals surface area contributed by atoms with Gasteiger partial charge in [0.25, 0.3) is 11.1 Å². The first-order valence-electron chi connectivity index (χ1n) is 9.20. The Morgan fingerprint density at radius 1 is 0.966 bits per heavy atom. The molecule has 3 aromatic rings. The number of thioether (sulfide) groups is 1. The number of ether oxygens (including phenoxy) is 1. The highest BCUT2D eigenvalue weighted by Gasteiger charge is 2.18. The molecule has 0 radical (unpaired) electrons. The average Bonchev–Trinajstić information content (AvgIpc) is 3.12. The van der Waals surface area contributed by atoms with Crippen LogP contribution in [0.15, 0.2) is 50.9 Å². The minimum Gasteiger partial charge on any atom is -0.484 e. The lowest BCUT2D eigenvalue weighted by Crippen LogP contribution is -2.10. The van der Waals surface area contributed by atoms with Crippen molar-refractivity contribution in [3.05, 3.63) is 64.5 Å². The molecule has 1 heterocycles. The Balaban J connectivity index is 1.55. The summed E-state index contributed by atoms with van der Waals surface area (Å²) in [6.45, 7) is 7.83. The van der Waals surface area contributed by atoms with Crippen molar-refractivity contribution in [2.24, 2.45) is 0 Å². The number of nitrogens with zero attached hydrogens (tertiary/aromatic N) is 2. The molecule has 0 bridgehead atoms. The zero-order valence-electron chi connectivity index (χ0n) is 16.9. The van der Waals surface area contributed by atoms with Gasteiger partial charge in [0.1, 0.15) is 5.75 Å². The Morgan fingerprint density at radius 2 is 1.66 bits per heavy atom. The summed E-state index contributed by atoms with van der Waals surface area (Å²) in [5, 5.41) is 8.27. The number of hydrogen-bond acceptors (Lipinski definition) is 7. The number of benzene rings is 2. The molecule has 3 rings (SSSR count). The van der Waals surface area contributed by atoms with Gasteiger partial charge in [-0.05, 0) is 62.1 Å². The Morgan fingerprint density at radius 3 is 2.41 bits per heavy atom. The molecule has 0 fully saturated rings. The molecule has 8 heteroatoms. The molecular weight excluding hydrogens is 408 g/mol. The second kappa shape index (κ2) is 9.00. The molecule has 29 heavy (non-hydrogen) atoms. The van der Waals surface area contributed by atoms with E-state index in [-0.39, 0.29) is 12.4 Å². The Labute approximate surface area is 175 Å². The maximum absolute atomic E-state index is 12.6. The molecule has 0 N–H and O–H groups in total. The fourth-order valence-corrected chi connectivity index (χ4v) is 5.53. The van der Waals surface area contributed by atoms with Gasteiger partial charge < -0.3 is 9.15 Å². The number of aryl methyl sites for hydroxylation is 4. The van der Waals surface area contributed by atoms with Gasteiger partial charge in [0.2, 0.25) is 0 Å². The lowest BCUT2D eigenvalue weighted by Gasteiger charge is -2.08. The van der Waals surface area contributed by atoms with Crippen molar-refractivity contribution < 1.29 is 17.6 Å². The van der Waals surface area contributed by atoms with Gasteiger partial charge in [0.05, 0.1) is 10.6 Å². The van der Waals surface area contributed by atoms with E-state index in [0.717, 1.165) is 28.0 Å². The van der Waals surface area contributed by atoms with Crippen LogP contribution in [0.1, 0.15) is 28.1 Å². The van der Waals surface area contributed by atoms with Crippen molar-refractivity contribution in [3.63, 3.8) is 0 Å². The first-order valence-corrected chi connectivity index (χ1v) is 11.8. The standard InChI is InChI=1S/C21H24N2O4S2/c1-14-5-7-16(3)18(11-14)26-13-20-22-23-21(27-20)28-9-10-29(24,25)19-12-15(2)6-8-17(19)4/h5-8,11-12H,9-10,13H2,1-4H3. The van der Waals surface area contributed by atoms with Crippen LogP contribution in [0.25, 0.3) is 0 Å². The van der Waals surface area contributed by atoms with Gasteiger partial charge in [-0.25, -0.2) is 8.42 Å². The summed E-state index contributed by atoms with van der Waals surface area (Å²) >= 11 is 1.23. The molecule has 154 valence electrons. The zero-order chi connectivity index (χ0) is 21.0. The molecule has 6 nitrogen and oxygen atoms in total. The second-order valence-electron chi connectivity index (χ2n) is 6.96. The van der Waals surface area contributed by atoms with E-state index in [9.17, 15) is 8.42 Å². The number of rotatable bonds is 8. The van der Waals surface area contributed by atoms with E-state index in [1.165, 1.54) is 11.8 Å². The van der Waals surface area contributed by atoms with Crippen LogP contribution in [0.4, 0.5) is 0 Å². The van der Waals surface area contributed by atoms with Gasteiger partial charge in [-0.2, -0.15) is 0 Å². The highest BCUT2D eigenvalue weighted by Crippen LogP contribution is 2.23. The highest BCUT2D eigenvalue weighted by molar-refractivity contribution is 8.00. The quantitative estimate of drug-likeness (QED) is 0.486. The molecule has 1 aromatic heterocycles. The fourth-order valence-electron chi connectivity index (χ4n) is 2.75. The normalized spacial score (nSPS) is 11.6. The molecular formula is C21H24N2O4S2. The number of hydrogen-bond donors (Lipinski definition) is 0. The molecule has 0 spiro atoms. The Kier molecular flexibility index (Phi) is 6.64. The predicted molar refractivity (Wildman–Crippen MR) is 113 cm³/mol. The highest BCUT2D eigenvalue weighted by atomic mass is 32.2. The van der Waals surface area contributed by atoms with Crippen LogP contribution in [0, 0.1) is 27.7 Å². The summed E-state index contributed by atoms with van der Waals surface area (Å²) in [4.78, 5) is 0.381. The smallest absolute Gasteiger partial charge is 0.276 e. The van der Waals surface area contributed by atoms with Crippen molar-refractivity contribution in [2.75, 3.05) is 11.5 Å². The minimum atomic E-state index is -3.37. The minimum absolute atomic E-state index is 0.00133. The van der Waals surface area contributed by atoms with Crippen molar-refractivity contribution >= 4 is 21.6 Å². The van der Waals surface area contributed by atoms with Gasteiger partial charge in [-0.3, -0.25) is 0 Å². The maximum Gasteiger partial charge on any atom is 0.276 e. The third-order valence-electron chi connectivity index (χ3n) is 4.40.